The van der Waals surface area contributed by atoms with Gasteiger partial charge in [-0.3, -0.25) is 19.1 Å². The monoisotopic (exact) mass is 424 g/mol. The van der Waals surface area contributed by atoms with Crippen LogP contribution in [0, 0.1) is 5.92 Å². The molecule has 4 rings (SSSR count). The van der Waals surface area contributed by atoms with Gasteiger partial charge in [0, 0.05) is 24.0 Å². The summed E-state index contributed by atoms with van der Waals surface area (Å²) in [6.07, 6.45) is 0. The highest BCUT2D eigenvalue weighted by Crippen LogP contribution is 2.34. The number of pyridine rings is 1. The van der Waals surface area contributed by atoms with Gasteiger partial charge in [0.25, 0.3) is 11.5 Å². The third kappa shape index (κ3) is 3.90. The molecule has 162 valence electrons. The molecule has 0 radical (unpaired) electrons. The maximum atomic E-state index is 13.2. The first kappa shape index (κ1) is 20.6. The molecule has 1 aliphatic rings. The van der Waals surface area contributed by atoms with Gasteiger partial charge in [-0.25, -0.2) is 9.78 Å². The van der Waals surface area contributed by atoms with Crippen LogP contribution in [0.4, 0.5) is 5.69 Å². The molecule has 0 spiro atoms. The Morgan fingerprint density at radius 2 is 1.90 bits per heavy atom. The van der Waals surface area contributed by atoms with Gasteiger partial charge >= 0.3 is 5.69 Å². The van der Waals surface area contributed by atoms with Crippen LogP contribution < -0.4 is 26.0 Å². The molecule has 1 amide bonds. The molecule has 0 saturated carbocycles. The van der Waals surface area contributed by atoms with Crippen molar-refractivity contribution in [3.8, 4) is 11.5 Å². The van der Waals surface area contributed by atoms with Crippen LogP contribution >= 0.6 is 0 Å². The molecule has 0 fully saturated rings. The largest absolute Gasteiger partial charge is 0.454 e. The van der Waals surface area contributed by atoms with Gasteiger partial charge in [0.1, 0.15) is 0 Å². The molecule has 0 unspecified atom stereocenters. The number of rotatable bonds is 5. The number of nitrogens with zero attached hydrogens (tertiary/aromatic N) is 2. The average molecular weight is 424 g/mol. The number of aromatic amines is 1. The van der Waals surface area contributed by atoms with E-state index in [9.17, 15) is 14.4 Å². The van der Waals surface area contributed by atoms with Crippen molar-refractivity contribution in [2.75, 3.05) is 12.1 Å². The van der Waals surface area contributed by atoms with Crippen LogP contribution in [0.3, 0.4) is 0 Å². The van der Waals surface area contributed by atoms with Crippen LogP contribution in [0.1, 0.15) is 49.7 Å². The molecule has 2 aromatic heterocycles. The van der Waals surface area contributed by atoms with Crippen LogP contribution in [0.2, 0.25) is 0 Å². The molecule has 2 N–H and O–H groups in total. The number of amides is 1. The van der Waals surface area contributed by atoms with Crippen molar-refractivity contribution in [1.29, 1.82) is 0 Å². The SMILES string of the molecule is CC(C)Cn1c(=O)[nH]c(=O)c2c(C(=O)Nc3ccc4c(c3)OCO4)cc(C(C)C)nc21. The Balaban J connectivity index is 1.87. The zero-order valence-electron chi connectivity index (χ0n) is 17.8. The van der Waals surface area contributed by atoms with Crippen LogP contribution in [-0.2, 0) is 6.54 Å². The fraction of sp³-hybridized carbons (Fsp3) is 0.364. The summed E-state index contributed by atoms with van der Waals surface area (Å²) in [7, 11) is 0. The summed E-state index contributed by atoms with van der Waals surface area (Å²) in [5.74, 6) is 0.784. The van der Waals surface area contributed by atoms with Crippen LogP contribution in [-0.4, -0.2) is 27.2 Å². The standard InChI is InChI=1S/C22H24N4O5/c1-11(2)9-26-19-18(21(28)25-22(26)29)14(8-15(24-19)12(3)4)20(27)23-13-5-6-16-17(7-13)31-10-30-16/h5-8,11-12H,9-10H2,1-4H3,(H,23,27)(H,25,28,29). The third-order valence-electron chi connectivity index (χ3n) is 4.98. The second kappa shape index (κ2) is 7.90. The number of anilines is 1. The molecule has 1 aromatic carbocycles. The van der Waals surface area contributed by atoms with Crippen molar-refractivity contribution >= 4 is 22.6 Å². The second-order valence-corrected chi connectivity index (χ2v) is 8.23. The van der Waals surface area contributed by atoms with Gasteiger partial charge in [0.2, 0.25) is 6.79 Å². The van der Waals surface area contributed by atoms with Crippen LogP contribution in [0.5, 0.6) is 11.5 Å². The minimum Gasteiger partial charge on any atom is -0.454 e. The third-order valence-corrected chi connectivity index (χ3v) is 4.98. The van der Waals surface area contributed by atoms with E-state index in [-0.39, 0.29) is 35.2 Å². The van der Waals surface area contributed by atoms with Crippen molar-refractivity contribution < 1.29 is 14.3 Å². The molecule has 31 heavy (non-hydrogen) atoms. The first-order valence-corrected chi connectivity index (χ1v) is 10.1. The molecular weight excluding hydrogens is 400 g/mol. The summed E-state index contributed by atoms with van der Waals surface area (Å²) in [6.45, 7) is 8.29. The molecule has 0 aliphatic carbocycles. The minimum absolute atomic E-state index is 0.0108. The Morgan fingerprint density at radius 3 is 2.61 bits per heavy atom. The van der Waals surface area contributed by atoms with Crippen molar-refractivity contribution in [3.05, 3.63) is 56.4 Å². The van der Waals surface area contributed by atoms with E-state index in [0.29, 0.717) is 29.4 Å². The van der Waals surface area contributed by atoms with Gasteiger partial charge < -0.3 is 14.8 Å². The number of H-pyrrole nitrogens is 1. The van der Waals surface area contributed by atoms with E-state index in [0.717, 1.165) is 0 Å². The van der Waals surface area contributed by atoms with E-state index in [1.165, 1.54) is 4.57 Å². The molecule has 3 aromatic rings. The Kier molecular flexibility index (Phi) is 5.26. The molecule has 0 atom stereocenters. The van der Waals surface area contributed by atoms with Gasteiger partial charge in [-0.05, 0) is 30.0 Å². The Labute approximate surface area is 178 Å². The molecule has 1 aliphatic heterocycles. The van der Waals surface area contributed by atoms with Crippen molar-refractivity contribution in [2.24, 2.45) is 5.92 Å². The number of aromatic nitrogens is 3. The fourth-order valence-corrected chi connectivity index (χ4v) is 3.48. The molecule has 3 heterocycles. The molecule has 0 saturated heterocycles. The number of hydrogen-bond donors (Lipinski definition) is 2. The predicted molar refractivity (Wildman–Crippen MR) is 116 cm³/mol. The highest BCUT2D eigenvalue weighted by Gasteiger charge is 2.22. The van der Waals surface area contributed by atoms with Gasteiger partial charge in [-0.15, -0.1) is 0 Å². The number of carbonyl (C=O) groups excluding carboxylic acids is 1. The lowest BCUT2D eigenvalue weighted by atomic mass is 10.0. The normalized spacial score (nSPS) is 12.7. The number of hydrogen-bond acceptors (Lipinski definition) is 6. The number of benzene rings is 1. The van der Waals surface area contributed by atoms with Crippen molar-refractivity contribution in [2.45, 2.75) is 40.2 Å². The fourth-order valence-electron chi connectivity index (χ4n) is 3.48. The highest BCUT2D eigenvalue weighted by molar-refractivity contribution is 6.12. The zero-order chi connectivity index (χ0) is 22.3. The van der Waals surface area contributed by atoms with E-state index in [1.54, 1.807) is 24.3 Å². The van der Waals surface area contributed by atoms with E-state index in [2.05, 4.69) is 15.3 Å². The topological polar surface area (TPSA) is 115 Å². The lowest BCUT2D eigenvalue weighted by Gasteiger charge is -2.16. The summed E-state index contributed by atoms with van der Waals surface area (Å²) in [5.41, 5.74) is 0.304. The van der Waals surface area contributed by atoms with Crippen LogP contribution in [0.25, 0.3) is 11.0 Å². The maximum Gasteiger partial charge on any atom is 0.330 e. The predicted octanol–water partition coefficient (Wildman–Crippen LogP) is 2.85. The molecule has 9 nitrogen and oxygen atoms in total. The average Bonchev–Trinajstić information content (AvgIpc) is 3.17. The quantitative estimate of drug-likeness (QED) is 0.651. The number of nitrogens with one attached hydrogen (secondary N) is 2. The first-order chi connectivity index (χ1) is 14.7. The number of fused-ring (bicyclic) bond motifs is 2. The molecular formula is C22H24N4O5. The number of ether oxygens (including phenoxy) is 2. The van der Waals surface area contributed by atoms with Gasteiger partial charge in [0.15, 0.2) is 17.1 Å². The van der Waals surface area contributed by atoms with Gasteiger partial charge in [-0.2, -0.15) is 0 Å². The van der Waals surface area contributed by atoms with E-state index < -0.39 is 17.2 Å². The van der Waals surface area contributed by atoms with Crippen LogP contribution in [0.15, 0.2) is 33.9 Å². The zero-order valence-corrected chi connectivity index (χ0v) is 17.8. The Morgan fingerprint density at radius 1 is 1.16 bits per heavy atom. The van der Waals surface area contributed by atoms with E-state index in [4.69, 9.17) is 9.47 Å². The molecule has 9 heteroatoms. The van der Waals surface area contributed by atoms with Crippen molar-refractivity contribution in [3.63, 3.8) is 0 Å². The number of carbonyl (C=O) groups is 1. The summed E-state index contributed by atoms with van der Waals surface area (Å²) >= 11 is 0. The van der Waals surface area contributed by atoms with Gasteiger partial charge in [-0.1, -0.05) is 27.7 Å². The summed E-state index contributed by atoms with van der Waals surface area (Å²) in [4.78, 5) is 45.3. The lowest BCUT2D eigenvalue weighted by Crippen LogP contribution is -2.33. The molecule has 0 bridgehead atoms. The lowest BCUT2D eigenvalue weighted by molar-refractivity contribution is 0.102. The second-order valence-electron chi connectivity index (χ2n) is 8.23. The first-order valence-electron chi connectivity index (χ1n) is 10.1. The van der Waals surface area contributed by atoms with Gasteiger partial charge in [0.05, 0.1) is 10.9 Å². The Hall–Kier alpha value is -3.62. The van der Waals surface area contributed by atoms with E-state index >= 15 is 0 Å². The minimum atomic E-state index is -0.640. The Bertz CT molecular complexity index is 1290. The summed E-state index contributed by atoms with van der Waals surface area (Å²) < 4.78 is 12.1. The summed E-state index contributed by atoms with van der Waals surface area (Å²) in [5, 5.41) is 2.89. The smallest absolute Gasteiger partial charge is 0.330 e. The maximum absolute atomic E-state index is 13.2. The highest BCUT2D eigenvalue weighted by atomic mass is 16.7. The summed E-state index contributed by atoms with van der Waals surface area (Å²) in [6, 6.07) is 6.66. The van der Waals surface area contributed by atoms with Crippen molar-refractivity contribution in [1.82, 2.24) is 14.5 Å². The van der Waals surface area contributed by atoms with E-state index in [1.807, 2.05) is 27.7 Å².